The van der Waals surface area contributed by atoms with Gasteiger partial charge in [-0.05, 0) is 13.0 Å². The molecule has 0 amide bonds. The first-order chi connectivity index (χ1) is 12.0. The zero-order chi connectivity index (χ0) is 18.3. The molecule has 0 aliphatic heterocycles. The SMILES string of the molecule is CCO[C@H]1[C@H]2C(=O)c3cccc(OC)c3C(=O)[C@H]2[C@@H](OC)C(=O)[C@H]1C. The average molecular weight is 346 g/mol. The molecule has 1 aromatic carbocycles. The molecule has 134 valence electrons. The van der Waals surface area contributed by atoms with Gasteiger partial charge in [-0.3, -0.25) is 14.4 Å². The summed E-state index contributed by atoms with van der Waals surface area (Å²) in [6, 6.07) is 4.95. The van der Waals surface area contributed by atoms with Gasteiger partial charge in [-0.2, -0.15) is 0 Å². The van der Waals surface area contributed by atoms with Crippen LogP contribution in [-0.2, 0) is 14.3 Å². The summed E-state index contributed by atoms with van der Waals surface area (Å²) in [7, 11) is 2.84. The lowest BCUT2D eigenvalue weighted by Crippen LogP contribution is -2.60. The summed E-state index contributed by atoms with van der Waals surface area (Å²) in [4.78, 5) is 39.2. The Hall–Kier alpha value is -2.05. The molecule has 1 fully saturated rings. The van der Waals surface area contributed by atoms with Crippen molar-refractivity contribution in [1.82, 2.24) is 0 Å². The normalized spacial score (nSPS) is 31.5. The molecular formula is C19H22O6. The molecule has 0 bridgehead atoms. The number of benzene rings is 1. The highest BCUT2D eigenvalue weighted by molar-refractivity contribution is 6.19. The van der Waals surface area contributed by atoms with Crippen molar-refractivity contribution in [2.24, 2.45) is 17.8 Å². The van der Waals surface area contributed by atoms with E-state index in [1.807, 2.05) is 0 Å². The van der Waals surface area contributed by atoms with Gasteiger partial charge in [-0.15, -0.1) is 0 Å². The van der Waals surface area contributed by atoms with Gasteiger partial charge in [0.1, 0.15) is 11.9 Å². The molecule has 2 aliphatic rings. The first kappa shape index (κ1) is 17.8. The molecular weight excluding hydrogens is 324 g/mol. The largest absolute Gasteiger partial charge is 0.496 e. The molecule has 0 saturated heterocycles. The van der Waals surface area contributed by atoms with Crippen LogP contribution in [0.2, 0.25) is 0 Å². The maximum atomic E-state index is 13.2. The minimum absolute atomic E-state index is 0.196. The minimum atomic E-state index is -0.953. The molecule has 0 heterocycles. The van der Waals surface area contributed by atoms with Gasteiger partial charge < -0.3 is 14.2 Å². The molecule has 0 aromatic heterocycles. The van der Waals surface area contributed by atoms with Gasteiger partial charge in [0.2, 0.25) is 0 Å². The van der Waals surface area contributed by atoms with Crippen LogP contribution in [0, 0.1) is 17.8 Å². The second kappa shape index (κ2) is 6.69. The van der Waals surface area contributed by atoms with Gasteiger partial charge in [-0.1, -0.05) is 19.1 Å². The highest BCUT2D eigenvalue weighted by atomic mass is 16.5. The third kappa shape index (κ3) is 2.51. The Kier molecular flexibility index (Phi) is 4.75. The topological polar surface area (TPSA) is 78.9 Å². The molecule has 25 heavy (non-hydrogen) atoms. The van der Waals surface area contributed by atoms with Crippen molar-refractivity contribution in [3.63, 3.8) is 0 Å². The molecule has 2 aliphatic carbocycles. The van der Waals surface area contributed by atoms with Crippen LogP contribution in [0.1, 0.15) is 34.6 Å². The number of ether oxygens (including phenoxy) is 3. The van der Waals surface area contributed by atoms with E-state index in [1.165, 1.54) is 14.2 Å². The number of hydrogen-bond donors (Lipinski definition) is 0. The second-order valence-electron chi connectivity index (χ2n) is 6.43. The van der Waals surface area contributed by atoms with E-state index in [0.29, 0.717) is 17.9 Å². The summed E-state index contributed by atoms with van der Waals surface area (Å²) in [5.41, 5.74) is 0.558. The number of Topliss-reactive ketones (excluding diaryl/α,β-unsaturated/α-hetero) is 3. The van der Waals surface area contributed by atoms with E-state index < -0.39 is 30.0 Å². The number of carbonyl (C=O) groups is 3. The number of fused-ring (bicyclic) bond motifs is 2. The highest BCUT2D eigenvalue weighted by Gasteiger charge is 2.58. The van der Waals surface area contributed by atoms with E-state index in [4.69, 9.17) is 14.2 Å². The Morgan fingerprint density at radius 3 is 2.36 bits per heavy atom. The van der Waals surface area contributed by atoms with E-state index in [2.05, 4.69) is 0 Å². The lowest BCUT2D eigenvalue weighted by molar-refractivity contribution is -0.152. The molecule has 5 atom stereocenters. The zero-order valence-corrected chi connectivity index (χ0v) is 14.8. The quantitative estimate of drug-likeness (QED) is 0.829. The van der Waals surface area contributed by atoms with E-state index >= 15 is 0 Å². The lowest BCUT2D eigenvalue weighted by atomic mass is 9.61. The van der Waals surface area contributed by atoms with Crippen LogP contribution in [-0.4, -0.2) is 50.4 Å². The van der Waals surface area contributed by atoms with Gasteiger partial charge in [0.15, 0.2) is 17.3 Å². The Labute approximate surface area is 146 Å². The Balaban J connectivity index is 2.20. The predicted molar refractivity (Wildman–Crippen MR) is 89.0 cm³/mol. The Morgan fingerprint density at radius 1 is 1.04 bits per heavy atom. The van der Waals surface area contributed by atoms with E-state index in [-0.39, 0.29) is 22.9 Å². The van der Waals surface area contributed by atoms with Crippen LogP contribution >= 0.6 is 0 Å². The van der Waals surface area contributed by atoms with E-state index in [1.54, 1.807) is 32.0 Å². The predicted octanol–water partition coefficient (Wildman–Crippen LogP) is 1.95. The Morgan fingerprint density at radius 2 is 1.76 bits per heavy atom. The van der Waals surface area contributed by atoms with Crippen molar-refractivity contribution >= 4 is 17.3 Å². The van der Waals surface area contributed by atoms with Crippen molar-refractivity contribution in [3.8, 4) is 5.75 Å². The van der Waals surface area contributed by atoms with Crippen LogP contribution in [0.4, 0.5) is 0 Å². The number of hydrogen-bond acceptors (Lipinski definition) is 6. The Bertz CT molecular complexity index is 725. The first-order valence-electron chi connectivity index (χ1n) is 8.41. The second-order valence-corrected chi connectivity index (χ2v) is 6.43. The van der Waals surface area contributed by atoms with Crippen molar-refractivity contribution in [3.05, 3.63) is 29.3 Å². The van der Waals surface area contributed by atoms with Crippen LogP contribution in [0.5, 0.6) is 5.75 Å². The summed E-state index contributed by atoms with van der Waals surface area (Å²) in [6.07, 6.45) is -1.59. The monoisotopic (exact) mass is 346 g/mol. The smallest absolute Gasteiger partial charge is 0.174 e. The molecule has 0 spiro atoms. The van der Waals surface area contributed by atoms with Crippen molar-refractivity contribution < 1.29 is 28.6 Å². The zero-order valence-electron chi connectivity index (χ0n) is 14.8. The van der Waals surface area contributed by atoms with Crippen LogP contribution < -0.4 is 4.74 Å². The molecule has 0 N–H and O–H groups in total. The van der Waals surface area contributed by atoms with Gasteiger partial charge >= 0.3 is 0 Å². The maximum absolute atomic E-state index is 13.2. The van der Waals surface area contributed by atoms with Crippen molar-refractivity contribution in [2.45, 2.75) is 26.1 Å². The summed E-state index contributed by atoms with van der Waals surface area (Å²) >= 11 is 0. The van der Waals surface area contributed by atoms with Crippen molar-refractivity contribution in [2.75, 3.05) is 20.8 Å². The third-order valence-corrected chi connectivity index (χ3v) is 5.27. The molecule has 1 saturated carbocycles. The average Bonchev–Trinajstić information content (AvgIpc) is 2.62. The van der Waals surface area contributed by atoms with Gasteiger partial charge in [0.05, 0.1) is 30.6 Å². The molecule has 0 unspecified atom stereocenters. The van der Waals surface area contributed by atoms with Gasteiger partial charge in [0, 0.05) is 25.2 Å². The number of rotatable bonds is 4. The van der Waals surface area contributed by atoms with E-state index in [9.17, 15) is 14.4 Å². The maximum Gasteiger partial charge on any atom is 0.174 e. The summed E-state index contributed by atoms with van der Waals surface area (Å²) < 4.78 is 16.4. The molecule has 1 aromatic rings. The molecule has 3 rings (SSSR count). The number of carbonyl (C=O) groups excluding carboxylic acids is 3. The minimum Gasteiger partial charge on any atom is -0.496 e. The fourth-order valence-electron chi connectivity index (χ4n) is 4.12. The van der Waals surface area contributed by atoms with Crippen molar-refractivity contribution in [1.29, 1.82) is 0 Å². The van der Waals surface area contributed by atoms with Gasteiger partial charge in [-0.25, -0.2) is 0 Å². The highest BCUT2D eigenvalue weighted by Crippen LogP contribution is 2.44. The number of methoxy groups -OCH3 is 2. The van der Waals surface area contributed by atoms with Gasteiger partial charge in [0.25, 0.3) is 0 Å². The standard InChI is InChI=1S/C19H22O6/c1-5-25-18-9(2)15(20)19(24-4)14-13(18)16(21)10-7-6-8-11(23-3)12(10)17(14)22/h6-9,13-14,18-19H,5H2,1-4H3/t9-,13-,14+,18-,19-/m1/s1. The molecule has 6 nitrogen and oxygen atoms in total. The summed E-state index contributed by atoms with van der Waals surface area (Å²) in [5, 5.41) is 0. The summed E-state index contributed by atoms with van der Waals surface area (Å²) in [6.45, 7) is 3.89. The fourth-order valence-corrected chi connectivity index (χ4v) is 4.12. The molecule has 0 radical (unpaired) electrons. The molecule has 6 heteroatoms. The van der Waals surface area contributed by atoms with Crippen LogP contribution in [0.25, 0.3) is 0 Å². The number of ketones is 3. The first-order valence-corrected chi connectivity index (χ1v) is 8.41. The third-order valence-electron chi connectivity index (χ3n) is 5.27. The van der Waals surface area contributed by atoms with Crippen LogP contribution in [0.3, 0.4) is 0 Å². The summed E-state index contributed by atoms with van der Waals surface area (Å²) in [5.74, 6) is -2.50. The van der Waals surface area contributed by atoms with E-state index in [0.717, 1.165) is 0 Å². The fraction of sp³-hybridized carbons (Fsp3) is 0.526. The van der Waals surface area contributed by atoms with Crippen LogP contribution in [0.15, 0.2) is 18.2 Å². The lowest BCUT2D eigenvalue weighted by Gasteiger charge is -2.45.